The summed E-state index contributed by atoms with van der Waals surface area (Å²) in [7, 11) is 0. The molecule has 1 aromatic heterocycles. The number of hydrogen-bond acceptors (Lipinski definition) is 4. The van der Waals surface area contributed by atoms with E-state index >= 15 is 0 Å². The molecule has 0 aliphatic heterocycles. The number of aromatic nitrogens is 2. The van der Waals surface area contributed by atoms with Gasteiger partial charge in [-0.2, -0.15) is 9.36 Å². The van der Waals surface area contributed by atoms with Crippen LogP contribution in [-0.2, 0) is 6.42 Å². The van der Waals surface area contributed by atoms with Crippen LogP contribution >= 0.6 is 23.1 Å². The Balaban J connectivity index is 2.21. The number of rotatable bonds is 3. The van der Waals surface area contributed by atoms with Crippen LogP contribution in [0.15, 0.2) is 18.2 Å². The van der Waals surface area contributed by atoms with Gasteiger partial charge in [0.25, 0.3) is 5.19 Å². The maximum absolute atomic E-state index is 6.02. The van der Waals surface area contributed by atoms with Crippen LogP contribution in [0, 0.1) is 6.92 Å². The second-order valence-electron chi connectivity index (χ2n) is 3.32. The SMILES string of the molecule is CCc1cc(Oc2nc(C)ns2)ccc1Cl. The number of ether oxygens (including phenoxy) is 1. The molecule has 84 valence electrons. The van der Waals surface area contributed by atoms with Crippen molar-refractivity contribution in [3.05, 3.63) is 34.6 Å². The van der Waals surface area contributed by atoms with E-state index in [1.165, 1.54) is 11.5 Å². The molecule has 0 saturated carbocycles. The standard InChI is InChI=1S/C11H11ClN2OS/c1-3-8-6-9(4-5-10(8)12)15-11-13-7(2)14-16-11/h4-6H,3H2,1-2H3. The van der Waals surface area contributed by atoms with Gasteiger partial charge in [-0.05, 0) is 37.1 Å². The van der Waals surface area contributed by atoms with Gasteiger partial charge in [0.2, 0.25) is 0 Å². The third kappa shape index (κ3) is 2.51. The summed E-state index contributed by atoms with van der Waals surface area (Å²) in [5, 5.41) is 1.32. The molecule has 0 fully saturated rings. The number of benzene rings is 1. The van der Waals surface area contributed by atoms with E-state index in [4.69, 9.17) is 16.3 Å². The molecule has 2 aromatic rings. The molecule has 0 N–H and O–H groups in total. The van der Waals surface area contributed by atoms with Crippen LogP contribution in [0.5, 0.6) is 10.9 Å². The number of hydrogen-bond donors (Lipinski definition) is 0. The summed E-state index contributed by atoms with van der Waals surface area (Å²) in [4.78, 5) is 4.14. The highest BCUT2D eigenvalue weighted by Gasteiger charge is 2.05. The molecule has 0 bridgehead atoms. The highest BCUT2D eigenvalue weighted by molar-refractivity contribution is 7.07. The predicted molar refractivity (Wildman–Crippen MR) is 65.6 cm³/mol. The van der Waals surface area contributed by atoms with Crippen molar-refractivity contribution in [2.45, 2.75) is 20.3 Å². The molecular weight excluding hydrogens is 244 g/mol. The summed E-state index contributed by atoms with van der Waals surface area (Å²) in [5.41, 5.74) is 1.07. The molecule has 16 heavy (non-hydrogen) atoms. The van der Waals surface area contributed by atoms with Crippen molar-refractivity contribution in [2.75, 3.05) is 0 Å². The molecule has 2 rings (SSSR count). The zero-order chi connectivity index (χ0) is 11.5. The fraction of sp³-hybridized carbons (Fsp3) is 0.273. The Bertz CT molecular complexity index is 498. The fourth-order valence-electron chi connectivity index (χ4n) is 1.31. The van der Waals surface area contributed by atoms with E-state index in [1.54, 1.807) is 0 Å². The van der Waals surface area contributed by atoms with Gasteiger partial charge in [0.05, 0.1) is 0 Å². The first-order valence-corrected chi connectivity index (χ1v) is 6.10. The molecule has 0 amide bonds. The lowest BCUT2D eigenvalue weighted by molar-refractivity contribution is 0.477. The van der Waals surface area contributed by atoms with Gasteiger partial charge in [-0.25, -0.2) is 0 Å². The average molecular weight is 255 g/mol. The molecular formula is C11H11ClN2OS. The molecule has 3 nitrogen and oxygen atoms in total. The van der Waals surface area contributed by atoms with Gasteiger partial charge in [0.1, 0.15) is 11.6 Å². The zero-order valence-corrected chi connectivity index (χ0v) is 10.6. The minimum Gasteiger partial charge on any atom is -0.430 e. The van der Waals surface area contributed by atoms with Crippen LogP contribution < -0.4 is 4.74 Å². The third-order valence-electron chi connectivity index (χ3n) is 2.11. The van der Waals surface area contributed by atoms with Crippen molar-refractivity contribution in [1.82, 2.24) is 9.36 Å². The Labute approximate surface area is 103 Å². The van der Waals surface area contributed by atoms with Crippen LogP contribution in [0.1, 0.15) is 18.3 Å². The van der Waals surface area contributed by atoms with Crippen molar-refractivity contribution in [3.63, 3.8) is 0 Å². The average Bonchev–Trinajstić information content (AvgIpc) is 2.67. The second-order valence-corrected chi connectivity index (χ2v) is 4.44. The fourth-order valence-corrected chi connectivity index (χ4v) is 2.11. The van der Waals surface area contributed by atoms with Crippen molar-refractivity contribution in [3.8, 4) is 10.9 Å². The number of halogens is 1. The van der Waals surface area contributed by atoms with Gasteiger partial charge < -0.3 is 4.74 Å². The summed E-state index contributed by atoms with van der Waals surface area (Å²) in [6, 6.07) is 5.60. The Kier molecular flexibility index (Phi) is 3.41. The summed E-state index contributed by atoms with van der Waals surface area (Å²) in [5.74, 6) is 1.47. The van der Waals surface area contributed by atoms with E-state index in [9.17, 15) is 0 Å². The van der Waals surface area contributed by atoms with Crippen molar-refractivity contribution < 1.29 is 4.74 Å². The van der Waals surface area contributed by atoms with E-state index in [2.05, 4.69) is 16.3 Å². The molecule has 0 saturated heterocycles. The molecule has 0 unspecified atom stereocenters. The van der Waals surface area contributed by atoms with E-state index in [0.717, 1.165) is 28.6 Å². The maximum atomic E-state index is 6.02. The highest BCUT2D eigenvalue weighted by atomic mass is 35.5. The largest absolute Gasteiger partial charge is 0.430 e. The van der Waals surface area contributed by atoms with Gasteiger partial charge >= 0.3 is 0 Å². The van der Waals surface area contributed by atoms with Crippen LogP contribution in [0.3, 0.4) is 0 Å². The Morgan fingerprint density at radius 3 is 2.88 bits per heavy atom. The minimum atomic E-state index is 0.557. The lowest BCUT2D eigenvalue weighted by Gasteiger charge is -2.05. The minimum absolute atomic E-state index is 0.557. The summed E-state index contributed by atoms with van der Waals surface area (Å²) >= 11 is 7.27. The Morgan fingerprint density at radius 1 is 1.44 bits per heavy atom. The van der Waals surface area contributed by atoms with E-state index in [-0.39, 0.29) is 0 Å². The van der Waals surface area contributed by atoms with Crippen LogP contribution in [0.2, 0.25) is 5.02 Å². The normalized spacial score (nSPS) is 10.4. The van der Waals surface area contributed by atoms with Gasteiger partial charge in [0.15, 0.2) is 0 Å². The maximum Gasteiger partial charge on any atom is 0.298 e. The first-order valence-electron chi connectivity index (χ1n) is 4.95. The molecule has 0 atom stereocenters. The smallest absolute Gasteiger partial charge is 0.298 e. The van der Waals surface area contributed by atoms with Gasteiger partial charge in [-0.3, -0.25) is 0 Å². The molecule has 0 aliphatic rings. The molecule has 0 aliphatic carbocycles. The molecule has 5 heteroatoms. The van der Waals surface area contributed by atoms with E-state index in [1.807, 2.05) is 25.1 Å². The molecule has 0 radical (unpaired) electrons. The molecule has 1 aromatic carbocycles. The Morgan fingerprint density at radius 2 is 2.25 bits per heavy atom. The predicted octanol–water partition coefficient (Wildman–Crippen LogP) is 3.85. The van der Waals surface area contributed by atoms with Crippen molar-refractivity contribution in [1.29, 1.82) is 0 Å². The van der Waals surface area contributed by atoms with Crippen molar-refractivity contribution in [2.24, 2.45) is 0 Å². The lowest BCUT2D eigenvalue weighted by Crippen LogP contribution is -1.87. The monoisotopic (exact) mass is 254 g/mol. The third-order valence-corrected chi connectivity index (χ3v) is 3.17. The number of aryl methyl sites for hydroxylation is 2. The van der Waals surface area contributed by atoms with E-state index < -0.39 is 0 Å². The summed E-state index contributed by atoms with van der Waals surface area (Å²) in [6.07, 6.45) is 0.880. The van der Waals surface area contributed by atoms with Crippen LogP contribution in [0.4, 0.5) is 0 Å². The van der Waals surface area contributed by atoms with Crippen molar-refractivity contribution >= 4 is 23.1 Å². The lowest BCUT2D eigenvalue weighted by atomic mass is 10.2. The first-order chi connectivity index (χ1) is 7.69. The van der Waals surface area contributed by atoms with E-state index in [0.29, 0.717) is 5.19 Å². The summed E-state index contributed by atoms with van der Waals surface area (Å²) in [6.45, 7) is 3.89. The highest BCUT2D eigenvalue weighted by Crippen LogP contribution is 2.27. The quantitative estimate of drug-likeness (QED) is 0.834. The van der Waals surface area contributed by atoms with Gasteiger partial charge in [-0.1, -0.05) is 18.5 Å². The van der Waals surface area contributed by atoms with Gasteiger partial charge in [-0.15, -0.1) is 0 Å². The topological polar surface area (TPSA) is 35.0 Å². The molecule has 1 heterocycles. The second kappa shape index (κ2) is 4.80. The first kappa shape index (κ1) is 11.4. The van der Waals surface area contributed by atoms with Gasteiger partial charge in [0, 0.05) is 16.6 Å². The summed E-state index contributed by atoms with van der Waals surface area (Å²) < 4.78 is 9.64. The van der Waals surface area contributed by atoms with Crippen LogP contribution in [0.25, 0.3) is 0 Å². The Hall–Kier alpha value is -1.13. The molecule has 0 spiro atoms. The van der Waals surface area contributed by atoms with Crippen LogP contribution in [-0.4, -0.2) is 9.36 Å². The zero-order valence-electron chi connectivity index (χ0n) is 9.03. The number of nitrogens with zero attached hydrogens (tertiary/aromatic N) is 2.